The largest absolute Gasteiger partial charge is 0.454 e. The Bertz CT molecular complexity index is 3640. The number of hydrogen-bond acceptors (Lipinski definition) is 16. The van der Waals surface area contributed by atoms with Gasteiger partial charge in [-0.3, -0.25) is 28.3 Å². The van der Waals surface area contributed by atoms with Gasteiger partial charge in [-0.15, -0.1) is 0 Å². The van der Waals surface area contributed by atoms with Crippen molar-refractivity contribution in [3.05, 3.63) is 134 Å². The number of carbonyl (C=O) groups excluding carboxylic acids is 2. The van der Waals surface area contributed by atoms with Crippen LogP contribution in [0.2, 0.25) is 0 Å². The number of nitrogens with zero attached hydrogens (tertiary/aromatic N) is 14. The van der Waals surface area contributed by atoms with Crippen molar-refractivity contribution < 1.29 is 56.3 Å². The first kappa shape index (κ1) is 54.3. The summed E-state index contributed by atoms with van der Waals surface area (Å²) in [4.78, 5) is 34.7. The zero-order valence-corrected chi connectivity index (χ0v) is 43.8. The van der Waals surface area contributed by atoms with E-state index in [2.05, 4.69) is 51.2 Å². The minimum Gasteiger partial charge on any atom is -0.454 e. The Hall–Kier alpha value is -9.70. The fraction of sp³-hybridized carbons (Fsp3) is 0.296. The van der Waals surface area contributed by atoms with E-state index in [9.17, 15) is 37.4 Å². The molecule has 82 heavy (non-hydrogen) atoms. The van der Waals surface area contributed by atoms with Crippen LogP contribution in [0.15, 0.2) is 123 Å². The molecule has 8 heterocycles. The smallest absolute Gasteiger partial charge is 0.387 e. The number of hydrogen-bond donors (Lipinski definition) is 4. The third-order valence-electron chi connectivity index (χ3n) is 13.7. The molecule has 0 aliphatic heterocycles. The number of halogens is 4. The quantitative estimate of drug-likeness (QED) is 0.0658. The molecular formula is C54H52F4N16O8. The minimum absolute atomic E-state index is 0.137. The lowest BCUT2D eigenvalue weighted by Crippen LogP contribution is -2.27. The topological polar surface area (TPSA) is 267 Å². The Balaban J connectivity index is 0.000000172. The van der Waals surface area contributed by atoms with Gasteiger partial charge in [-0.05, 0) is 74.2 Å². The van der Waals surface area contributed by atoms with Gasteiger partial charge in [-0.25, -0.2) is 19.0 Å². The number of aromatic nitrogens is 14. The fourth-order valence-electron chi connectivity index (χ4n) is 10.0. The predicted molar refractivity (Wildman–Crippen MR) is 284 cm³/mol. The number of aryl methyl sites for hydroxylation is 2. The number of alkyl halides is 4. The molecule has 24 nitrogen and oxygen atoms in total. The van der Waals surface area contributed by atoms with Gasteiger partial charge in [0.25, 0.3) is 11.8 Å². The van der Waals surface area contributed by atoms with Crippen LogP contribution in [0.1, 0.15) is 84.2 Å². The second-order valence-corrected chi connectivity index (χ2v) is 19.4. The Kier molecular flexibility index (Phi) is 15.6. The second kappa shape index (κ2) is 23.6. The number of anilines is 2. The minimum atomic E-state index is -3.09. The van der Waals surface area contributed by atoms with Crippen LogP contribution in [0.5, 0.6) is 34.5 Å². The first-order chi connectivity index (χ1) is 39.7. The van der Waals surface area contributed by atoms with Crippen LogP contribution in [0.4, 0.5) is 28.9 Å². The van der Waals surface area contributed by atoms with Crippen LogP contribution in [0, 0.1) is 0 Å². The Morgan fingerprint density at radius 3 is 1.41 bits per heavy atom. The molecule has 2 unspecified atom stereocenters. The normalized spacial score (nSPS) is 17.2. The maximum absolute atomic E-state index is 13.3. The molecule has 2 amide bonds. The van der Waals surface area contributed by atoms with Gasteiger partial charge in [0.1, 0.15) is 45.5 Å². The van der Waals surface area contributed by atoms with E-state index in [1.165, 1.54) is 79.6 Å². The van der Waals surface area contributed by atoms with Gasteiger partial charge in [0.05, 0.1) is 84.0 Å². The molecule has 8 aromatic heterocycles. The maximum Gasteiger partial charge on any atom is 0.387 e. The molecule has 0 radical (unpaired) electrons. The Morgan fingerprint density at radius 2 is 1.00 bits per heavy atom. The van der Waals surface area contributed by atoms with Gasteiger partial charge in [0.2, 0.25) is 0 Å². The molecule has 2 fully saturated rings. The molecule has 10 aromatic rings. The van der Waals surface area contributed by atoms with Crippen LogP contribution in [0.25, 0.3) is 33.8 Å². The zero-order chi connectivity index (χ0) is 57.0. The summed E-state index contributed by atoms with van der Waals surface area (Å²) in [5.41, 5.74) is 2.38. The molecule has 0 saturated heterocycles. The Labute approximate surface area is 462 Å². The van der Waals surface area contributed by atoms with Crippen LogP contribution in [-0.4, -0.2) is 116 Å². The van der Waals surface area contributed by atoms with Crippen molar-refractivity contribution in [3.63, 3.8) is 0 Å². The van der Waals surface area contributed by atoms with Crippen LogP contribution in [0.3, 0.4) is 0 Å². The van der Waals surface area contributed by atoms with Gasteiger partial charge in [0, 0.05) is 51.3 Å². The highest BCUT2D eigenvalue weighted by Gasteiger charge is 2.29. The molecule has 28 heteroatoms. The third kappa shape index (κ3) is 11.9. The highest BCUT2D eigenvalue weighted by molar-refractivity contribution is 6.10. The average Bonchev–Trinajstić information content (AvgIpc) is 4.44. The molecule has 424 valence electrons. The molecule has 12 rings (SSSR count). The lowest BCUT2D eigenvalue weighted by molar-refractivity contribution is -0.0501. The van der Waals surface area contributed by atoms with Gasteiger partial charge in [-0.2, -0.15) is 48.2 Å². The summed E-state index contributed by atoms with van der Waals surface area (Å²) in [6, 6.07) is 11.8. The molecule has 2 aliphatic rings. The first-order valence-electron chi connectivity index (χ1n) is 26.0. The number of benzene rings is 2. The van der Waals surface area contributed by atoms with Crippen LogP contribution < -0.4 is 29.6 Å². The maximum atomic E-state index is 13.3. The molecule has 4 atom stereocenters. The molecule has 4 N–H and O–H groups in total. The molecular weight excluding hydrogens is 1080 g/mol. The number of rotatable bonds is 16. The highest BCUT2D eigenvalue weighted by atomic mass is 19.3. The highest BCUT2D eigenvalue weighted by Crippen LogP contribution is 2.41. The van der Waals surface area contributed by atoms with Crippen molar-refractivity contribution in [1.29, 1.82) is 0 Å². The Morgan fingerprint density at radius 1 is 0.573 bits per heavy atom. The monoisotopic (exact) mass is 1130 g/mol. The van der Waals surface area contributed by atoms with Crippen molar-refractivity contribution >= 4 is 34.5 Å². The van der Waals surface area contributed by atoms with E-state index in [1.54, 1.807) is 85.2 Å². The first-order valence-corrected chi connectivity index (χ1v) is 26.0. The van der Waals surface area contributed by atoms with E-state index in [0.29, 0.717) is 47.1 Å². The van der Waals surface area contributed by atoms with Crippen molar-refractivity contribution in [3.8, 4) is 57.0 Å². The number of amides is 2. The average molecular weight is 1130 g/mol. The van der Waals surface area contributed by atoms with Gasteiger partial charge in [-0.1, -0.05) is 25.7 Å². The van der Waals surface area contributed by atoms with Crippen molar-refractivity contribution in [1.82, 2.24) is 68.3 Å². The third-order valence-corrected chi connectivity index (χ3v) is 13.7. The number of fused-ring (bicyclic) bond motifs is 2. The SMILES string of the molecule is Cn1cc(NC(=O)c2cnn3cccnc23)c(-c2cc(Oc3cnn(C4CCCCC4O)c3)ccc2OC(F)F)n1.Cn1cc(NC(=O)c2cnn3cccnc23)c(-c2cc(Oc3cnn([C@@H]4CCCC[C@H]4O)c3)ccc2OC(F)F)n1. The molecule has 2 aromatic carbocycles. The van der Waals surface area contributed by atoms with E-state index >= 15 is 0 Å². The molecule has 2 saturated carbocycles. The molecule has 2 aliphatic carbocycles. The molecule has 0 spiro atoms. The van der Waals surface area contributed by atoms with Crippen molar-refractivity contribution in [2.45, 2.75) is 88.9 Å². The van der Waals surface area contributed by atoms with E-state index in [4.69, 9.17) is 18.9 Å². The van der Waals surface area contributed by atoms with E-state index in [1.807, 2.05) is 0 Å². The van der Waals surface area contributed by atoms with Crippen molar-refractivity contribution in [2.24, 2.45) is 14.1 Å². The molecule has 0 bridgehead atoms. The van der Waals surface area contributed by atoms with Gasteiger partial charge >= 0.3 is 13.2 Å². The summed E-state index contributed by atoms with van der Waals surface area (Å²) in [7, 11) is 3.27. The number of aliphatic hydroxyl groups excluding tert-OH is 2. The standard InChI is InChI=1S/2C27H26F2N8O4/c2*1-35-15-20(33-26(39)19-13-32-36-10-4-9-30-25(19)36)24(34-35)18-11-16(7-8-23(18)41-27(28)29)40-17-12-31-37(14-17)21-5-2-3-6-22(21)38/h2*4,7-15,21-22,27,38H,2-3,5-6H2,1H3,(H,33,39)/t21-,22-;/m1./s1. The summed E-state index contributed by atoms with van der Waals surface area (Å²) >= 11 is 0. The van der Waals surface area contributed by atoms with Gasteiger partial charge in [0.15, 0.2) is 22.8 Å². The summed E-state index contributed by atoms with van der Waals surface area (Å²) in [5.74, 6) is 0.112. The fourth-order valence-corrected chi connectivity index (χ4v) is 10.0. The summed E-state index contributed by atoms with van der Waals surface area (Å²) in [6.07, 6.45) is 24.8. The second-order valence-electron chi connectivity index (χ2n) is 19.4. The van der Waals surface area contributed by atoms with E-state index < -0.39 is 37.2 Å². The number of aliphatic hydroxyl groups is 2. The van der Waals surface area contributed by atoms with Crippen LogP contribution in [-0.2, 0) is 14.1 Å². The summed E-state index contributed by atoms with van der Waals surface area (Å²) < 4.78 is 84.1. The number of ether oxygens (including phenoxy) is 4. The number of carbonyl (C=O) groups is 2. The van der Waals surface area contributed by atoms with Crippen LogP contribution >= 0.6 is 0 Å². The lowest BCUT2D eigenvalue weighted by atomic mass is 9.93. The number of nitrogens with one attached hydrogen (secondary N) is 2. The lowest BCUT2D eigenvalue weighted by Gasteiger charge is -2.27. The van der Waals surface area contributed by atoms with E-state index in [-0.39, 0.29) is 68.6 Å². The van der Waals surface area contributed by atoms with E-state index in [0.717, 1.165) is 38.5 Å². The summed E-state index contributed by atoms with van der Waals surface area (Å²) in [5, 5.41) is 52.1. The summed E-state index contributed by atoms with van der Waals surface area (Å²) in [6.45, 7) is -6.18. The van der Waals surface area contributed by atoms with Crippen molar-refractivity contribution in [2.75, 3.05) is 10.6 Å². The van der Waals surface area contributed by atoms with Gasteiger partial charge < -0.3 is 39.8 Å². The predicted octanol–water partition coefficient (Wildman–Crippen LogP) is 8.90. The zero-order valence-electron chi connectivity index (χ0n) is 43.8.